The Morgan fingerprint density at radius 2 is 1.97 bits per heavy atom. The molecule has 0 radical (unpaired) electrons. The van der Waals surface area contributed by atoms with E-state index >= 15 is 0 Å². The molecule has 166 valence electrons. The van der Waals surface area contributed by atoms with E-state index in [1.807, 2.05) is 16.7 Å². The second-order valence-corrected chi connectivity index (χ2v) is 9.72. The molecule has 0 fully saturated rings. The lowest BCUT2D eigenvalue weighted by molar-refractivity contribution is -0.137. The summed E-state index contributed by atoms with van der Waals surface area (Å²) in [6.07, 6.45) is 5.88. The summed E-state index contributed by atoms with van der Waals surface area (Å²) in [7, 11) is -1.79. The molecular formula is C19H21Cl2N5O4S. The molecule has 0 aliphatic carbocycles. The monoisotopic (exact) mass is 485 g/mol. The van der Waals surface area contributed by atoms with Gasteiger partial charge in [0, 0.05) is 50.5 Å². The summed E-state index contributed by atoms with van der Waals surface area (Å²) >= 11 is 12.6. The quantitative estimate of drug-likeness (QED) is 0.496. The van der Waals surface area contributed by atoms with Crippen LogP contribution in [0.4, 0.5) is 5.82 Å². The number of aliphatic carboxylic acids is 1. The minimum Gasteiger partial charge on any atom is -0.481 e. The van der Waals surface area contributed by atoms with Crippen molar-refractivity contribution in [3.63, 3.8) is 0 Å². The highest BCUT2D eigenvalue weighted by Crippen LogP contribution is 2.34. The number of sulfonamides is 1. The fraction of sp³-hybridized carbons (Fsp3) is 0.316. The van der Waals surface area contributed by atoms with Gasteiger partial charge in [-0.3, -0.25) is 4.79 Å². The van der Waals surface area contributed by atoms with E-state index in [4.69, 9.17) is 28.3 Å². The lowest BCUT2D eigenvalue weighted by atomic mass is 10.1. The molecule has 2 aromatic heterocycles. The average molecular weight is 486 g/mol. The van der Waals surface area contributed by atoms with Gasteiger partial charge in [0.2, 0.25) is 10.0 Å². The van der Waals surface area contributed by atoms with Gasteiger partial charge in [-0.2, -0.15) is 4.31 Å². The van der Waals surface area contributed by atoms with Gasteiger partial charge in [0.25, 0.3) is 0 Å². The number of carboxylic acids is 1. The van der Waals surface area contributed by atoms with Crippen molar-refractivity contribution >= 4 is 55.9 Å². The number of rotatable bonds is 9. The van der Waals surface area contributed by atoms with Crippen LogP contribution in [-0.2, 0) is 14.8 Å². The highest BCUT2D eigenvalue weighted by Gasteiger charge is 2.20. The smallest absolute Gasteiger partial charge is 0.304 e. The van der Waals surface area contributed by atoms with Gasteiger partial charge in [0.15, 0.2) is 0 Å². The molecule has 0 saturated heterocycles. The summed E-state index contributed by atoms with van der Waals surface area (Å²) < 4.78 is 27.0. The molecule has 31 heavy (non-hydrogen) atoms. The number of carboxylic acid groups (broad SMARTS) is 1. The Labute approximate surface area is 189 Å². The molecule has 0 aliphatic rings. The zero-order valence-corrected chi connectivity index (χ0v) is 19.2. The molecular weight excluding hydrogens is 465 g/mol. The first kappa shape index (κ1) is 23.3. The second kappa shape index (κ2) is 9.39. The summed E-state index contributed by atoms with van der Waals surface area (Å²) in [6, 6.07) is 5.37. The molecule has 0 spiro atoms. The second-order valence-electron chi connectivity index (χ2n) is 6.95. The normalized spacial score (nSPS) is 11.9. The lowest BCUT2D eigenvalue weighted by Crippen LogP contribution is -2.38. The SMILES string of the molecule is CN(CCN(CCC(=O)O)S(C)(=O)=O)c1cc(-n2ccnc2)c2ccc(Cl)c(Cl)c2n1. The van der Waals surface area contributed by atoms with E-state index in [1.54, 1.807) is 36.7 Å². The fourth-order valence-corrected chi connectivity index (χ4v) is 4.25. The first-order chi connectivity index (χ1) is 14.6. The van der Waals surface area contributed by atoms with Crippen molar-refractivity contribution in [3.05, 3.63) is 47.0 Å². The number of pyridine rings is 1. The number of nitrogens with zero attached hydrogens (tertiary/aromatic N) is 5. The molecule has 12 heteroatoms. The highest BCUT2D eigenvalue weighted by molar-refractivity contribution is 7.88. The van der Waals surface area contributed by atoms with Crippen molar-refractivity contribution in [2.75, 3.05) is 37.8 Å². The molecule has 0 atom stereocenters. The van der Waals surface area contributed by atoms with Crippen LogP contribution in [-0.4, -0.2) is 71.3 Å². The Morgan fingerprint density at radius 1 is 1.23 bits per heavy atom. The van der Waals surface area contributed by atoms with Crippen LogP contribution in [0.1, 0.15) is 6.42 Å². The number of likely N-dealkylation sites (N-methyl/N-ethyl adjacent to an activating group) is 1. The van der Waals surface area contributed by atoms with Crippen LogP contribution in [0.25, 0.3) is 16.6 Å². The van der Waals surface area contributed by atoms with E-state index in [2.05, 4.69) is 9.97 Å². The first-order valence-electron chi connectivity index (χ1n) is 9.23. The van der Waals surface area contributed by atoms with Crippen molar-refractivity contribution in [1.82, 2.24) is 18.8 Å². The Morgan fingerprint density at radius 3 is 2.58 bits per heavy atom. The summed E-state index contributed by atoms with van der Waals surface area (Å²) in [5.74, 6) is -0.512. The third-order valence-electron chi connectivity index (χ3n) is 4.74. The Bertz CT molecular complexity index is 1200. The van der Waals surface area contributed by atoms with Gasteiger partial charge in [0.05, 0.1) is 40.3 Å². The molecule has 0 unspecified atom stereocenters. The predicted molar refractivity (Wildman–Crippen MR) is 121 cm³/mol. The number of benzene rings is 1. The number of anilines is 1. The molecule has 1 N–H and O–H groups in total. The summed E-state index contributed by atoms with van der Waals surface area (Å²) in [5, 5.41) is 10.3. The number of halogens is 2. The fourth-order valence-electron chi connectivity index (χ4n) is 3.05. The molecule has 9 nitrogen and oxygen atoms in total. The van der Waals surface area contributed by atoms with E-state index in [0.29, 0.717) is 21.4 Å². The summed E-state index contributed by atoms with van der Waals surface area (Å²) in [5.41, 5.74) is 1.29. The number of carbonyl (C=O) groups is 1. The Kier molecular flexibility index (Phi) is 7.05. The van der Waals surface area contributed by atoms with Crippen molar-refractivity contribution < 1.29 is 18.3 Å². The predicted octanol–water partition coefficient (Wildman–Crippen LogP) is 2.90. The van der Waals surface area contributed by atoms with Crippen molar-refractivity contribution in [3.8, 4) is 5.69 Å². The molecule has 3 rings (SSSR count). The van der Waals surface area contributed by atoms with Crippen molar-refractivity contribution in [2.24, 2.45) is 0 Å². The van der Waals surface area contributed by atoms with Crippen LogP contribution >= 0.6 is 23.2 Å². The van der Waals surface area contributed by atoms with Crippen molar-refractivity contribution in [1.29, 1.82) is 0 Å². The van der Waals surface area contributed by atoms with Crippen LogP contribution in [0, 0.1) is 0 Å². The molecule has 0 bridgehead atoms. The van der Waals surface area contributed by atoms with Gasteiger partial charge in [0.1, 0.15) is 5.82 Å². The highest BCUT2D eigenvalue weighted by atomic mass is 35.5. The van der Waals surface area contributed by atoms with Gasteiger partial charge in [-0.1, -0.05) is 23.2 Å². The van der Waals surface area contributed by atoms with Gasteiger partial charge < -0.3 is 14.6 Å². The van der Waals surface area contributed by atoms with Crippen LogP contribution in [0.2, 0.25) is 10.0 Å². The zero-order valence-electron chi connectivity index (χ0n) is 16.9. The minimum atomic E-state index is -3.56. The van der Waals surface area contributed by atoms with Gasteiger partial charge >= 0.3 is 5.97 Å². The van der Waals surface area contributed by atoms with Crippen molar-refractivity contribution in [2.45, 2.75) is 6.42 Å². The molecule has 3 aromatic rings. The minimum absolute atomic E-state index is 0.102. The van der Waals surface area contributed by atoms with Crippen LogP contribution < -0.4 is 4.90 Å². The number of hydrogen-bond acceptors (Lipinski definition) is 6. The standard InChI is InChI=1S/C19H21Cl2N5O4S/c1-24(9-10-26(31(2,29)30)7-5-17(27)28)16-11-15(25-8-6-22-12-25)13-3-4-14(20)18(21)19(13)23-16/h3-4,6,8,11-12H,5,7,9-10H2,1-2H3,(H,27,28). The molecule has 2 heterocycles. The number of imidazole rings is 1. The third-order valence-corrected chi connectivity index (χ3v) is 6.84. The zero-order chi connectivity index (χ0) is 22.8. The Balaban J connectivity index is 1.94. The van der Waals surface area contributed by atoms with E-state index in [9.17, 15) is 13.2 Å². The largest absolute Gasteiger partial charge is 0.481 e. The number of hydrogen-bond donors (Lipinski definition) is 1. The molecule has 0 aliphatic heterocycles. The number of fused-ring (bicyclic) bond motifs is 1. The Hall–Kier alpha value is -2.40. The van der Waals surface area contributed by atoms with E-state index in [1.165, 1.54) is 0 Å². The summed E-state index contributed by atoms with van der Waals surface area (Å²) in [4.78, 5) is 21.3. The maximum Gasteiger partial charge on any atom is 0.304 e. The average Bonchev–Trinajstić information content (AvgIpc) is 3.23. The van der Waals surface area contributed by atoms with Crippen LogP contribution in [0.5, 0.6) is 0 Å². The van der Waals surface area contributed by atoms with E-state index in [-0.39, 0.29) is 26.1 Å². The first-order valence-corrected chi connectivity index (χ1v) is 11.8. The van der Waals surface area contributed by atoms with Gasteiger partial charge in [-0.25, -0.2) is 18.4 Å². The number of aromatic nitrogens is 3. The maximum atomic E-state index is 12.0. The van der Waals surface area contributed by atoms with E-state index < -0.39 is 16.0 Å². The van der Waals surface area contributed by atoms with Crippen LogP contribution in [0.3, 0.4) is 0 Å². The molecule has 1 aromatic carbocycles. The third kappa shape index (κ3) is 5.45. The van der Waals surface area contributed by atoms with Gasteiger partial charge in [-0.05, 0) is 12.1 Å². The summed E-state index contributed by atoms with van der Waals surface area (Å²) in [6.45, 7) is 0.285. The van der Waals surface area contributed by atoms with E-state index in [0.717, 1.165) is 21.6 Å². The lowest BCUT2D eigenvalue weighted by Gasteiger charge is -2.25. The molecule has 0 saturated carbocycles. The maximum absolute atomic E-state index is 12.0. The van der Waals surface area contributed by atoms with Gasteiger partial charge in [-0.15, -0.1) is 0 Å². The molecule has 0 amide bonds. The van der Waals surface area contributed by atoms with Crippen LogP contribution in [0.15, 0.2) is 36.9 Å². The topological polar surface area (TPSA) is 109 Å².